The van der Waals surface area contributed by atoms with Crippen LogP contribution in [-0.2, 0) is 0 Å². The number of rotatable bonds is 4. The molecule has 7 nitrogen and oxygen atoms in total. The number of furan rings is 1. The second-order valence-corrected chi connectivity index (χ2v) is 5.54. The fourth-order valence-corrected chi connectivity index (χ4v) is 2.49. The van der Waals surface area contributed by atoms with Crippen LogP contribution in [0.15, 0.2) is 59.0 Å². The number of hydrogen-bond acceptors (Lipinski definition) is 5. The normalized spacial score (nSPS) is 10.2. The molecule has 0 spiro atoms. The highest BCUT2D eigenvalue weighted by atomic mass is 16.6. The highest BCUT2D eigenvalue weighted by molar-refractivity contribution is 6.04. The number of nitrogens with zero attached hydrogens (tertiary/aromatic N) is 2. The maximum atomic E-state index is 12.5. The average molecular weight is 347 g/mol. The minimum Gasteiger partial charge on any atom is -0.451 e. The van der Waals surface area contributed by atoms with Crippen molar-refractivity contribution >= 4 is 17.3 Å². The third kappa shape index (κ3) is 3.30. The predicted molar refractivity (Wildman–Crippen MR) is 94.6 cm³/mol. The molecule has 0 bridgehead atoms. The first-order valence-corrected chi connectivity index (χ1v) is 7.65. The molecule has 0 aliphatic carbocycles. The molecule has 3 rings (SSSR count). The SMILES string of the molecule is Cc1cc(-c2cccc([N+](=O)[O-])c2)oc1C(=O)Nc1ccccc1C#N. The quantitative estimate of drug-likeness (QED) is 0.559. The van der Waals surface area contributed by atoms with Crippen LogP contribution in [-0.4, -0.2) is 10.8 Å². The first-order valence-electron chi connectivity index (χ1n) is 7.65. The second-order valence-electron chi connectivity index (χ2n) is 5.54. The number of nitrogens with one attached hydrogen (secondary N) is 1. The van der Waals surface area contributed by atoms with Gasteiger partial charge in [-0.3, -0.25) is 14.9 Å². The Hall–Kier alpha value is -3.92. The molecule has 128 valence electrons. The van der Waals surface area contributed by atoms with Gasteiger partial charge in [0.15, 0.2) is 5.76 Å². The van der Waals surface area contributed by atoms with Crippen LogP contribution in [0.3, 0.4) is 0 Å². The van der Waals surface area contributed by atoms with E-state index in [2.05, 4.69) is 5.32 Å². The first kappa shape index (κ1) is 16.9. The molecule has 0 saturated carbocycles. The Kier molecular flexibility index (Phi) is 4.50. The number of hydrogen-bond donors (Lipinski definition) is 1. The van der Waals surface area contributed by atoms with Crippen molar-refractivity contribution in [3.05, 3.63) is 81.6 Å². The maximum absolute atomic E-state index is 12.5. The number of carbonyl (C=O) groups is 1. The maximum Gasteiger partial charge on any atom is 0.291 e. The molecular weight excluding hydrogens is 334 g/mol. The Labute approximate surface area is 148 Å². The molecule has 0 saturated heterocycles. The van der Waals surface area contributed by atoms with Gasteiger partial charge in [-0.05, 0) is 25.1 Å². The van der Waals surface area contributed by atoms with Crippen LogP contribution in [0.4, 0.5) is 11.4 Å². The zero-order valence-corrected chi connectivity index (χ0v) is 13.7. The highest BCUT2D eigenvalue weighted by Gasteiger charge is 2.19. The molecule has 3 aromatic rings. The third-order valence-corrected chi connectivity index (χ3v) is 3.76. The Morgan fingerprint density at radius 2 is 1.96 bits per heavy atom. The van der Waals surface area contributed by atoms with E-state index < -0.39 is 10.8 Å². The minimum absolute atomic E-state index is 0.0643. The third-order valence-electron chi connectivity index (χ3n) is 3.76. The van der Waals surface area contributed by atoms with Crippen molar-refractivity contribution in [2.45, 2.75) is 6.92 Å². The van der Waals surface area contributed by atoms with Gasteiger partial charge in [-0.15, -0.1) is 0 Å². The van der Waals surface area contributed by atoms with E-state index in [1.165, 1.54) is 12.1 Å². The number of nitro groups is 1. The Bertz CT molecular complexity index is 1050. The summed E-state index contributed by atoms with van der Waals surface area (Å²) in [5.41, 5.74) is 1.74. The van der Waals surface area contributed by atoms with Gasteiger partial charge in [0.25, 0.3) is 11.6 Å². The molecule has 0 radical (unpaired) electrons. The van der Waals surface area contributed by atoms with E-state index in [1.54, 1.807) is 49.4 Å². The number of non-ortho nitro benzene ring substituents is 1. The average Bonchev–Trinajstić information content (AvgIpc) is 3.04. The number of aryl methyl sites for hydroxylation is 1. The fourth-order valence-electron chi connectivity index (χ4n) is 2.49. The van der Waals surface area contributed by atoms with Crippen LogP contribution < -0.4 is 5.32 Å². The van der Waals surface area contributed by atoms with Gasteiger partial charge in [-0.1, -0.05) is 24.3 Å². The predicted octanol–water partition coefficient (Wildman–Crippen LogP) is 4.29. The zero-order valence-electron chi connectivity index (χ0n) is 13.7. The number of anilines is 1. The molecule has 0 unspecified atom stereocenters. The fraction of sp³-hybridized carbons (Fsp3) is 0.0526. The van der Waals surface area contributed by atoms with E-state index >= 15 is 0 Å². The molecule has 2 aromatic carbocycles. The number of benzene rings is 2. The summed E-state index contributed by atoms with van der Waals surface area (Å²) < 4.78 is 5.63. The van der Waals surface area contributed by atoms with Crippen molar-refractivity contribution in [1.29, 1.82) is 5.26 Å². The van der Waals surface area contributed by atoms with Crippen LogP contribution in [0.5, 0.6) is 0 Å². The molecule has 0 fully saturated rings. The highest BCUT2D eigenvalue weighted by Crippen LogP contribution is 2.28. The van der Waals surface area contributed by atoms with Crippen molar-refractivity contribution < 1.29 is 14.1 Å². The van der Waals surface area contributed by atoms with E-state index in [0.29, 0.717) is 28.1 Å². The minimum atomic E-state index is -0.498. The van der Waals surface area contributed by atoms with Crippen LogP contribution in [0, 0.1) is 28.4 Å². The van der Waals surface area contributed by atoms with Gasteiger partial charge in [-0.25, -0.2) is 0 Å². The molecule has 26 heavy (non-hydrogen) atoms. The summed E-state index contributed by atoms with van der Waals surface area (Å²) in [6, 6.07) is 16.3. The molecule has 1 N–H and O–H groups in total. The van der Waals surface area contributed by atoms with Gasteiger partial charge in [0.1, 0.15) is 11.8 Å². The van der Waals surface area contributed by atoms with E-state index in [-0.39, 0.29) is 11.4 Å². The Morgan fingerprint density at radius 3 is 2.69 bits per heavy atom. The molecule has 0 aliphatic heterocycles. The zero-order chi connectivity index (χ0) is 18.7. The van der Waals surface area contributed by atoms with Crippen LogP contribution >= 0.6 is 0 Å². The lowest BCUT2D eigenvalue weighted by atomic mass is 10.1. The summed E-state index contributed by atoms with van der Waals surface area (Å²) in [5.74, 6) is -0.0638. The van der Waals surface area contributed by atoms with Crippen molar-refractivity contribution in [2.75, 3.05) is 5.32 Å². The first-order chi connectivity index (χ1) is 12.5. The summed E-state index contributed by atoms with van der Waals surface area (Å²) in [6.07, 6.45) is 0. The summed E-state index contributed by atoms with van der Waals surface area (Å²) in [6.45, 7) is 1.70. The largest absolute Gasteiger partial charge is 0.451 e. The van der Waals surface area contributed by atoms with Gasteiger partial charge in [0.05, 0.1) is 16.2 Å². The summed E-state index contributed by atoms with van der Waals surface area (Å²) >= 11 is 0. The number of amides is 1. The van der Waals surface area contributed by atoms with Crippen LogP contribution in [0.2, 0.25) is 0 Å². The molecule has 0 atom stereocenters. The van der Waals surface area contributed by atoms with Gasteiger partial charge in [0.2, 0.25) is 0 Å². The lowest BCUT2D eigenvalue weighted by Gasteiger charge is -2.05. The number of nitriles is 1. The number of para-hydroxylation sites is 1. The van der Waals surface area contributed by atoms with E-state index in [4.69, 9.17) is 9.68 Å². The van der Waals surface area contributed by atoms with Crippen LogP contribution in [0.1, 0.15) is 21.7 Å². The molecule has 7 heteroatoms. The molecule has 1 amide bonds. The summed E-state index contributed by atoms with van der Waals surface area (Å²) in [5, 5.41) is 22.7. The van der Waals surface area contributed by atoms with E-state index in [1.807, 2.05) is 6.07 Å². The second kappa shape index (κ2) is 6.91. The van der Waals surface area contributed by atoms with Gasteiger partial charge in [-0.2, -0.15) is 5.26 Å². The number of nitro benzene ring substituents is 1. The monoisotopic (exact) mass is 347 g/mol. The topological polar surface area (TPSA) is 109 Å². The van der Waals surface area contributed by atoms with Crippen molar-refractivity contribution in [3.8, 4) is 17.4 Å². The van der Waals surface area contributed by atoms with Crippen LogP contribution in [0.25, 0.3) is 11.3 Å². The Balaban J connectivity index is 1.91. The van der Waals surface area contributed by atoms with Crippen molar-refractivity contribution in [3.63, 3.8) is 0 Å². The summed E-state index contributed by atoms with van der Waals surface area (Å²) in [4.78, 5) is 22.9. The lowest BCUT2D eigenvalue weighted by Crippen LogP contribution is -2.13. The smallest absolute Gasteiger partial charge is 0.291 e. The lowest BCUT2D eigenvalue weighted by molar-refractivity contribution is -0.384. The number of carbonyl (C=O) groups excluding carboxylic acids is 1. The van der Waals surface area contributed by atoms with E-state index in [0.717, 1.165) is 0 Å². The Morgan fingerprint density at radius 1 is 1.19 bits per heavy atom. The van der Waals surface area contributed by atoms with Gasteiger partial charge >= 0.3 is 0 Å². The molecular formula is C19H13N3O4. The summed E-state index contributed by atoms with van der Waals surface area (Å²) in [7, 11) is 0. The van der Waals surface area contributed by atoms with E-state index in [9.17, 15) is 14.9 Å². The van der Waals surface area contributed by atoms with Crippen molar-refractivity contribution in [1.82, 2.24) is 0 Å². The van der Waals surface area contributed by atoms with Gasteiger partial charge in [0, 0.05) is 23.3 Å². The van der Waals surface area contributed by atoms with Gasteiger partial charge < -0.3 is 9.73 Å². The van der Waals surface area contributed by atoms with Crippen molar-refractivity contribution in [2.24, 2.45) is 0 Å². The standard InChI is InChI=1S/C19H13N3O4/c1-12-9-17(13-6-4-7-15(10-13)22(24)25)26-18(12)19(23)21-16-8-3-2-5-14(16)11-20/h2-10H,1H3,(H,21,23). The molecule has 1 heterocycles. The molecule has 0 aliphatic rings. The molecule has 1 aromatic heterocycles.